The van der Waals surface area contributed by atoms with E-state index in [1.165, 1.54) is 11.0 Å². The van der Waals surface area contributed by atoms with E-state index in [0.717, 1.165) is 12.1 Å². The molecule has 1 aromatic carbocycles. The van der Waals surface area contributed by atoms with Crippen LogP contribution < -0.4 is 5.32 Å². The summed E-state index contributed by atoms with van der Waals surface area (Å²) < 4.78 is 13.1. The fourth-order valence-electron chi connectivity index (χ4n) is 1.13. The number of anilines is 1. The van der Waals surface area contributed by atoms with E-state index in [4.69, 9.17) is 5.11 Å². The minimum Gasteiger partial charge on any atom is -0.478 e. The predicted molar refractivity (Wildman–Crippen MR) is 60.7 cm³/mol. The topological polar surface area (TPSA) is 69.6 Å². The molecule has 0 unspecified atom stereocenters. The standard InChI is InChI=1S/C11H13FN2O3/c1-3-14(2)11(17)13-7-4-5-9(12)8(6-7)10(15)16/h4-6H,3H2,1-2H3,(H,13,17)(H,15,16). The van der Waals surface area contributed by atoms with Crippen LogP contribution in [0.1, 0.15) is 17.3 Å². The first-order chi connectivity index (χ1) is 7.95. The summed E-state index contributed by atoms with van der Waals surface area (Å²) in [5.41, 5.74) is -0.226. The Labute approximate surface area is 97.8 Å². The van der Waals surface area contributed by atoms with E-state index >= 15 is 0 Å². The van der Waals surface area contributed by atoms with E-state index in [1.807, 2.05) is 0 Å². The number of aromatic carboxylic acids is 1. The number of carboxylic acids is 1. The van der Waals surface area contributed by atoms with Crippen LogP contribution in [0.3, 0.4) is 0 Å². The molecule has 0 aromatic heterocycles. The van der Waals surface area contributed by atoms with Crippen LogP contribution in [0.15, 0.2) is 18.2 Å². The number of carbonyl (C=O) groups excluding carboxylic acids is 1. The summed E-state index contributed by atoms with van der Waals surface area (Å²) in [5.74, 6) is -2.21. The van der Waals surface area contributed by atoms with Crippen molar-refractivity contribution in [3.05, 3.63) is 29.6 Å². The SMILES string of the molecule is CCN(C)C(=O)Nc1ccc(F)c(C(=O)O)c1. The van der Waals surface area contributed by atoms with E-state index in [2.05, 4.69) is 5.32 Å². The third kappa shape index (κ3) is 3.17. The molecule has 2 amide bonds. The maximum absolute atomic E-state index is 13.1. The summed E-state index contributed by atoms with van der Waals surface area (Å²) in [4.78, 5) is 23.6. The van der Waals surface area contributed by atoms with Crippen LogP contribution in [-0.4, -0.2) is 35.6 Å². The number of hydrogen-bond acceptors (Lipinski definition) is 2. The maximum atomic E-state index is 13.1. The van der Waals surface area contributed by atoms with E-state index < -0.39 is 17.3 Å². The highest BCUT2D eigenvalue weighted by molar-refractivity contribution is 5.93. The molecule has 1 rings (SSSR count). The van der Waals surface area contributed by atoms with Crippen molar-refractivity contribution in [1.29, 1.82) is 0 Å². The van der Waals surface area contributed by atoms with Gasteiger partial charge in [0, 0.05) is 19.3 Å². The van der Waals surface area contributed by atoms with Crippen LogP contribution in [0.5, 0.6) is 0 Å². The zero-order valence-electron chi connectivity index (χ0n) is 9.53. The maximum Gasteiger partial charge on any atom is 0.338 e. The second kappa shape index (κ2) is 5.29. The first-order valence-corrected chi connectivity index (χ1v) is 5.00. The van der Waals surface area contributed by atoms with Gasteiger partial charge < -0.3 is 15.3 Å². The Morgan fingerprint density at radius 2 is 2.12 bits per heavy atom. The number of nitrogens with one attached hydrogen (secondary N) is 1. The van der Waals surface area contributed by atoms with E-state index in [0.29, 0.717) is 6.54 Å². The first-order valence-electron chi connectivity index (χ1n) is 5.00. The van der Waals surface area contributed by atoms with Gasteiger partial charge in [0.1, 0.15) is 5.82 Å². The van der Waals surface area contributed by atoms with Crippen LogP contribution in [-0.2, 0) is 0 Å². The predicted octanol–water partition coefficient (Wildman–Crippen LogP) is 2.01. The molecule has 17 heavy (non-hydrogen) atoms. The number of carbonyl (C=O) groups is 2. The van der Waals surface area contributed by atoms with Crippen molar-refractivity contribution in [1.82, 2.24) is 4.90 Å². The van der Waals surface area contributed by atoms with E-state index in [9.17, 15) is 14.0 Å². The molecule has 0 bridgehead atoms. The first kappa shape index (κ1) is 13.0. The Morgan fingerprint density at radius 1 is 1.47 bits per heavy atom. The monoisotopic (exact) mass is 240 g/mol. The molecule has 6 heteroatoms. The molecule has 0 atom stereocenters. The number of hydrogen-bond donors (Lipinski definition) is 2. The highest BCUT2D eigenvalue weighted by atomic mass is 19.1. The van der Waals surface area contributed by atoms with Gasteiger partial charge in [0.05, 0.1) is 5.56 Å². The second-order valence-corrected chi connectivity index (χ2v) is 3.44. The molecule has 5 nitrogen and oxygen atoms in total. The van der Waals surface area contributed by atoms with Crippen molar-refractivity contribution >= 4 is 17.7 Å². The molecule has 0 aliphatic heterocycles. The van der Waals surface area contributed by atoms with Crippen LogP contribution in [0.4, 0.5) is 14.9 Å². The van der Waals surface area contributed by atoms with E-state index in [1.54, 1.807) is 14.0 Å². The minimum atomic E-state index is -1.37. The van der Waals surface area contributed by atoms with Gasteiger partial charge in [-0.05, 0) is 25.1 Å². The van der Waals surface area contributed by atoms with Gasteiger partial charge in [-0.3, -0.25) is 0 Å². The number of carboxylic acid groups (broad SMARTS) is 1. The summed E-state index contributed by atoms with van der Waals surface area (Å²) in [6, 6.07) is 3.02. The number of benzene rings is 1. The smallest absolute Gasteiger partial charge is 0.338 e. The molecular formula is C11H13FN2O3. The molecular weight excluding hydrogens is 227 g/mol. The Bertz CT molecular complexity index is 448. The molecule has 2 N–H and O–H groups in total. The summed E-state index contributed by atoms with van der Waals surface area (Å²) >= 11 is 0. The van der Waals surface area contributed by atoms with Gasteiger partial charge in [-0.2, -0.15) is 0 Å². The Balaban J connectivity index is 2.90. The Kier molecular flexibility index (Phi) is 4.03. The summed E-state index contributed by atoms with van der Waals surface area (Å²) in [6.45, 7) is 2.31. The van der Waals surface area contributed by atoms with Crippen LogP contribution >= 0.6 is 0 Å². The van der Waals surface area contributed by atoms with Gasteiger partial charge in [-0.1, -0.05) is 0 Å². The Morgan fingerprint density at radius 3 is 2.65 bits per heavy atom. The van der Waals surface area contributed by atoms with Gasteiger partial charge >= 0.3 is 12.0 Å². The fourth-order valence-corrected chi connectivity index (χ4v) is 1.13. The second-order valence-electron chi connectivity index (χ2n) is 3.44. The van der Waals surface area contributed by atoms with Crippen molar-refractivity contribution < 1.29 is 19.1 Å². The molecule has 0 spiro atoms. The zero-order valence-corrected chi connectivity index (χ0v) is 9.53. The zero-order chi connectivity index (χ0) is 13.0. The molecule has 0 saturated carbocycles. The Hall–Kier alpha value is -2.11. The number of amides is 2. The van der Waals surface area contributed by atoms with Crippen molar-refractivity contribution in [2.24, 2.45) is 0 Å². The highest BCUT2D eigenvalue weighted by Crippen LogP contribution is 2.15. The molecule has 0 aliphatic rings. The third-order valence-corrected chi connectivity index (χ3v) is 2.27. The number of halogens is 1. The minimum absolute atomic E-state index is 0.245. The lowest BCUT2D eigenvalue weighted by Gasteiger charge is -2.15. The van der Waals surface area contributed by atoms with Crippen LogP contribution in [0, 0.1) is 5.82 Å². The van der Waals surface area contributed by atoms with Crippen LogP contribution in [0.25, 0.3) is 0 Å². The van der Waals surface area contributed by atoms with Gasteiger partial charge in [0.2, 0.25) is 0 Å². The summed E-state index contributed by atoms with van der Waals surface area (Å²) in [5, 5.41) is 11.2. The van der Waals surface area contributed by atoms with E-state index in [-0.39, 0.29) is 11.7 Å². The molecule has 0 radical (unpaired) electrons. The average Bonchev–Trinajstić information content (AvgIpc) is 2.30. The van der Waals surface area contributed by atoms with Gasteiger partial charge in [-0.25, -0.2) is 14.0 Å². The normalized spacial score (nSPS) is 9.82. The molecule has 0 fully saturated rings. The van der Waals surface area contributed by atoms with Crippen LogP contribution in [0.2, 0.25) is 0 Å². The lowest BCUT2D eigenvalue weighted by Crippen LogP contribution is -2.31. The quantitative estimate of drug-likeness (QED) is 0.849. The lowest BCUT2D eigenvalue weighted by molar-refractivity contribution is 0.0692. The number of urea groups is 1. The average molecular weight is 240 g/mol. The lowest BCUT2D eigenvalue weighted by atomic mass is 10.2. The van der Waals surface area contributed by atoms with Crippen molar-refractivity contribution in [2.75, 3.05) is 18.9 Å². The summed E-state index contributed by atoms with van der Waals surface area (Å²) in [7, 11) is 1.59. The molecule has 0 saturated heterocycles. The summed E-state index contributed by atoms with van der Waals surface area (Å²) in [6.07, 6.45) is 0. The van der Waals surface area contributed by atoms with Crippen molar-refractivity contribution in [2.45, 2.75) is 6.92 Å². The van der Waals surface area contributed by atoms with Gasteiger partial charge in [0.15, 0.2) is 0 Å². The number of nitrogens with zero attached hydrogens (tertiary/aromatic N) is 1. The molecule has 1 aromatic rings. The van der Waals surface area contributed by atoms with Crippen molar-refractivity contribution in [3.8, 4) is 0 Å². The van der Waals surface area contributed by atoms with Gasteiger partial charge in [0.25, 0.3) is 0 Å². The highest BCUT2D eigenvalue weighted by Gasteiger charge is 2.12. The number of rotatable bonds is 3. The molecule has 0 aliphatic carbocycles. The molecule has 0 heterocycles. The third-order valence-electron chi connectivity index (χ3n) is 2.27. The largest absolute Gasteiger partial charge is 0.478 e. The van der Waals surface area contributed by atoms with Crippen molar-refractivity contribution in [3.63, 3.8) is 0 Å². The molecule has 92 valence electrons. The van der Waals surface area contributed by atoms with Gasteiger partial charge in [-0.15, -0.1) is 0 Å². The fraction of sp³-hybridized carbons (Fsp3) is 0.273.